The predicted octanol–water partition coefficient (Wildman–Crippen LogP) is 9.33. The molecule has 1 saturated heterocycles. The summed E-state index contributed by atoms with van der Waals surface area (Å²) >= 11 is 12.9. The number of piperidine rings is 1. The number of hydrogen-bond donors (Lipinski definition) is 1. The minimum absolute atomic E-state index is 0.0376. The molecule has 1 unspecified atom stereocenters. The first-order chi connectivity index (χ1) is 28.0. The molecule has 3 heterocycles. The van der Waals surface area contributed by atoms with Gasteiger partial charge in [0.2, 0.25) is 0 Å². The highest BCUT2D eigenvalue weighted by atomic mass is 35.5. The van der Waals surface area contributed by atoms with E-state index >= 15 is 0 Å². The van der Waals surface area contributed by atoms with Gasteiger partial charge in [0.05, 0.1) is 25.0 Å². The molecule has 2 fully saturated rings. The van der Waals surface area contributed by atoms with Crippen LogP contribution in [0.2, 0.25) is 10.0 Å². The summed E-state index contributed by atoms with van der Waals surface area (Å²) in [7, 11) is 0. The lowest BCUT2D eigenvalue weighted by molar-refractivity contribution is -0.605. The smallest absolute Gasteiger partial charge is 0.387 e. The van der Waals surface area contributed by atoms with Crippen molar-refractivity contribution in [3.8, 4) is 11.5 Å². The van der Waals surface area contributed by atoms with Crippen LogP contribution in [0.25, 0.3) is 11.0 Å². The Labute approximate surface area is 344 Å². The number of alkyl halides is 2. The number of halogens is 4. The van der Waals surface area contributed by atoms with Crippen LogP contribution in [0.1, 0.15) is 71.8 Å². The second-order valence-electron chi connectivity index (χ2n) is 14.6. The molecule has 306 valence electrons. The largest absolute Gasteiger partial charge is 0.619 e. The summed E-state index contributed by atoms with van der Waals surface area (Å²) in [6.07, 6.45) is 6.47. The number of furan rings is 1. The summed E-state index contributed by atoms with van der Waals surface area (Å²) in [5, 5.41) is 16.2. The topological polar surface area (TPSA) is 126 Å². The molecule has 15 heteroatoms. The van der Waals surface area contributed by atoms with E-state index in [9.17, 15) is 23.6 Å². The van der Waals surface area contributed by atoms with Gasteiger partial charge in [-0.1, -0.05) is 48.3 Å². The van der Waals surface area contributed by atoms with Gasteiger partial charge in [-0.25, -0.2) is 9.59 Å². The van der Waals surface area contributed by atoms with Crippen LogP contribution < -0.4 is 19.5 Å². The molecule has 2 atom stereocenters. The van der Waals surface area contributed by atoms with Gasteiger partial charge in [-0.15, -0.1) is 0 Å². The maximum absolute atomic E-state index is 14.0. The molecule has 1 N–H and O–H groups in total. The summed E-state index contributed by atoms with van der Waals surface area (Å²) in [6.45, 7) is 2.55. The van der Waals surface area contributed by atoms with Crippen molar-refractivity contribution in [3.63, 3.8) is 0 Å². The Morgan fingerprint density at radius 1 is 0.931 bits per heavy atom. The zero-order valence-electron chi connectivity index (χ0n) is 31.7. The number of benzene rings is 3. The molecule has 2 aromatic heterocycles. The molecule has 11 nitrogen and oxygen atoms in total. The van der Waals surface area contributed by atoms with Gasteiger partial charge in [-0.2, -0.15) is 13.5 Å². The van der Waals surface area contributed by atoms with Crippen LogP contribution >= 0.6 is 23.2 Å². The molecule has 2 aliphatic rings. The SMILES string of the molecule is CCN1CCC(COC(=O)C(Nc2cccc(C(=O)O[C@@H](Cc3c(Cl)c[n+]([O-])cc3Cl)c3ccc(OC(F)F)c(OCC4CC4)c3)c2)c2ccc3occc3c2)CC1. The van der Waals surface area contributed by atoms with Crippen molar-refractivity contribution in [1.82, 2.24) is 4.90 Å². The van der Waals surface area contributed by atoms with Crippen LogP contribution in [0.4, 0.5) is 14.5 Å². The number of fused-ring (bicyclic) bond motifs is 1. The Morgan fingerprint density at radius 2 is 1.67 bits per heavy atom. The molecule has 5 aromatic rings. The molecule has 7 rings (SSSR count). The first kappa shape index (κ1) is 41.1. The first-order valence-corrected chi connectivity index (χ1v) is 20.0. The summed E-state index contributed by atoms with van der Waals surface area (Å²) in [5.41, 5.74) is 2.59. The van der Waals surface area contributed by atoms with Crippen LogP contribution in [-0.4, -0.2) is 56.3 Å². The van der Waals surface area contributed by atoms with Crippen molar-refractivity contribution in [2.75, 3.05) is 38.2 Å². The molecule has 0 spiro atoms. The zero-order chi connectivity index (χ0) is 40.8. The number of anilines is 1. The van der Waals surface area contributed by atoms with Crippen molar-refractivity contribution in [1.29, 1.82) is 0 Å². The quantitative estimate of drug-likeness (QED) is 0.0550. The maximum atomic E-state index is 14.0. The number of likely N-dealkylation sites (tertiary alicyclic amines) is 1. The molecule has 58 heavy (non-hydrogen) atoms. The van der Waals surface area contributed by atoms with Crippen molar-refractivity contribution in [3.05, 3.63) is 123 Å². The van der Waals surface area contributed by atoms with Gasteiger partial charge in [0, 0.05) is 23.1 Å². The number of ether oxygens (including phenoxy) is 4. The highest BCUT2D eigenvalue weighted by molar-refractivity contribution is 6.35. The highest BCUT2D eigenvalue weighted by Gasteiger charge is 2.29. The van der Waals surface area contributed by atoms with Crippen molar-refractivity contribution in [2.45, 2.75) is 57.8 Å². The Kier molecular flexibility index (Phi) is 13.2. The van der Waals surface area contributed by atoms with Crippen LogP contribution in [-0.2, 0) is 20.7 Å². The van der Waals surface area contributed by atoms with E-state index < -0.39 is 30.7 Å². The molecular formula is C43H43Cl2F2N3O8. The monoisotopic (exact) mass is 837 g/mol. The summed E-state index contributed by atoms with van der Waals surface area (Å²) in [4.78, 5) is 30.2. The van der Waals surface area contributed by atoms with E-state index in [1.807, 2.05) is 12.1 Å². The normalized spacial score (nSPS) is 15.9. The number of nitrogens with zero attached hydrogens (tertiary/aromatic N) is 2. The average Bonchev–Trinajstić information content (AvgIpc) is 3.93. The fraction of sp³-hybridized carbons (Fsp3) is 0.372. The van der Waals surface area contributed by atoms with Crippen LogP contribution in [0, 0.1) is 17.0 Å². The van der Waals surface area contributed by atoms with Gasteiger partial charge in [-0.05, 0) is 117 Å². The number of esters is 2. The lowest BCUT2D eigenvalue weighted by Gasteiger charge is -2.31. The first-order valence-electron chi connectivity index (χ1n) is 19.2. The Bertz CT molecular complexity index is 2200. The van der Waals surface area contributed by atoms with Gasteiger partial charge in [-0.3, -0.25) is 0 Å². The summed E-state index contributed by atoms with van der Waals surface area (Å²) in [5.74, 6) is -0.779. The number of pyridine rings is 1. The highest BCUT2D eigenvalue weighted by Crippen LogP contribution is 2.38. The molecule has 0 amide bonds. The van der Waals surface area contributed by atoms with Crippen LogP contribution in [0.3, 0.4) is 0 Å². The molecule has 1 aliphatic carbocycles. The van der Waals surface area contributed by atoms with Crippen LogP contribution in [0.5, 0.6) is 11.5 Å². The molecule has 0 bridgehead atoms. The molecular weight excluding hydrogens is 795 g/mol. The molecule has 1 saturated carbocycles. The third kappa shape index (κ3) is 10.5. The third-order valence-corrected chi connectivity index (χ3v) is 11.1. The number of aromatic nitrogens is 1. The van der Waals surface area contributed by atoms with E-state index in [0.29, 0.717) is 51.8 Å². The van der Waals surface area contributed by atoms with Gasteiger partial charge in [0.1, 0.15) is 21.7 Å². The lowest BCUT2D eigenvalue weighted by atomic mass is 9.98. The van der Waals surface area contributed by atoms with Crippen molar-refractivity contribution < 1.29 is 46.5 Å². The number of rotatable bonds is 17. The van der Waals surface area contributed by atoms with E-state index in [4.69, 9.17) is 46.6 Å². The van der Waals surface area contributed by atoms with E-state index in [1.54, 1.807) is 42.7 Å². The number of nitrogens with one attached hydrogen (secondary N) is 1. The fourth-order valence-corrected chi connectivity index (χ4v) is 7.56. The summed E-state index contributed by atoms with van der Waals surface area (Å²) in [6, 6.07) is 17.1. The maximum Gasteiger partial charge on any atom is 0.387 e. The lowest BCUT2D eigenvalue weighted by Crippen LogP contribution is -2.35. The number of carbonyl (C=O) groups excluding carboxylic acids is 2. The van der Waals surface area contributed by atoms with E-state index in [2.05, 4.69) is 17.1 Å². The Balaban J connectivity index is 1.14. The minimum atomic E-state index is -3.09. The molecule has 3 aromatic carbocycles. The zero-order valence-corrected chi connectivity index (χ0v) is 33.2. The molecule has 0 radical (unpaired) electrons. The summed E-state index contributed by atoms with van der Waals surface area (Å²) < 4.78 is 55.3. The Morgan fingerprint density at radius 3 is 2.40 bits per heavy atom. The minimum Gasteiger partial charge on any atom is -0.619 e. The average molecular weight is 839 g/mol. The fourth-order valence-electron chi connectivity index (χ4n) is 6.96. The number of carbonyl (C=O) groups is 2. The van der Waals surface area contributed by atoms with Gasteiger partial charge >= 0.3 is 18.6 Å². The second kappa shape index (κ2) is 18.6. The second-order valence-corrected chi connectivity index (χ2v) is 15.4. The van der Waals surface area contributed by atoms with Crippen LogP contribution in [0.15, 0.2) is 89.8 Å². The van der Waals surface area contributed by atoms with Crippen molar-refractivity contribution in [2.24, 2.45) is 11.8 Å². The Hall–Kier alpha value is -5.11. The standard InChI is InChI=1S/C43H43Cl2F2N3O8/c1-2-49-15-12-27(13-16-49)25-56-42(52)40(30-9-10-36-29(18-30)14-17-54-36)48-32-5-3-4-31(19-32)41(51)57-38(21-33-34(44)22-50(53)23-35(33)45)28-8-11-37(58-43(46)47)39(20-28)55-24-26-6-7-26/h3-5,8-11,14,17-20,22-23,26-27,38,40,43,48H,2,6-7,12-13,15-16,21,24-25H2,1H3/t38-,40?/m0/s1. The van der Waals surface area contributed by atoms with E-state index in [0.717, 1.165) is 63.1 Å². The van der Waals surface area contributed by atoms with Gasteiger partial charge in [0.25, 0.3) is 0 Å². The number of hydrogen-bond acceptors (Lipinski definition) is 10. The van der Waals surface area contributed by atoms with E-state index in [-0.39, 0.29) is 39.4 Å². The van der Waals surface area contributed by atoms with Crippen molar-refractivity contribution >= 4 is 51.8 Å². The van der Waals surface area contributed by atoms with Gasteiger partial charge < -0.3 is 38.8 Å². The third-order valence-electron chi connectivity index (χ3n) is 10.5. The van der Waals surface area contributed by atoms with Gasteiger partial charge in [0.15, 0.2) is 29.9 Å². The predicted molar refractivity (Wildman–Crippen MR) is 213 cm³/mol. The molecule has 1 aliphatic heterocycles. The van der Waals surface area contributed by atoms with E-state index in [1.165, 1.54) is 18.2 Å².